The van der Waals surface area contributed by atoms with Crippen molar-refractivity contribution in [3.63, 3.8) is 0 Å². The van der Waals surface area contributed by atoms with E-state index in [1.807, 2.05) is 13.8 Å². The summed E-state index contributed by atoms with van der Waals surface area (Å²) < 4.78 is 28.1. The molecule has 0 aromatic carbocycles. The van der Waals surface area contributed by atoms with Gasteiger partial charge in [0, 0.05) is 9.75 Å². The van der Waals surface area contributed by atoms with Gasteiger partial charge in [0.05, 0.1) is 9.35 Å². The van der Waals surface area contributed by atoms with Crippen LogP contribution in [-0.2, 0) is 10.0 Å². The minimum absolute atomic E-state index is 0.238. The van der Waals surface area contributed by atoms with E-state index < -0.39 is 10.0 Å². The first-order valence-corrected chi connectivity index (χ1v) is 9.46. The number of rotatable bonds is 3. The van der Waals surface area contributed by atoms with Gasteiger partial charge in [0.15, 0.2) is 0 Å². The van der Waals surface area contributed by atoms with E-state index in [4.69, 9.17) is 5.26 Å². The van der Waals surface area contributed by atoms with E-state index >= 15 is 0 Å². The number of hydrogen-bond acceptors (Lipinski definition) is 5. The van der Waals surface area contributed by atoms with Crippen LogP contribution in [0.4, 0.5) is 5.00 Å². The highest BCUT2D eigenvalue weighted by molar-refractivity contribution is 9.11. The highest BCUT2D eigenvalue weighted by atomic mass is 79.9. The topological polar surface area (TPSA) is 70.0 Å². The van der Waals surface area contributed by atoms with Gasteiger partial charge in [-0.15, -0.1) is 22.7 Å². The lowest BCUT2D eigenvalue weighted by Crippen LogP contribution is -2.13. The second-order valence-corrected chi connectivity index (χ2v) is 9.69. The third-order valence-electron chi connectivity index (χ3n) is 2.86. The van der Waals surface area contributed by atoms with E-state index in [-0.39, 0.29) is 4.90 Å². The first kappa shape index (κ1) is 15.5. The lowest BCUT2D eigenvalue weighted by Gasteiger charge is -2.05. The van der Waals surface area contributed by atoms with Crippen molar-refractivity contribution in [1.29, 1.82) is 5.26 Å². The first-order chi connectivity index (χ1) is 9.26. The molecule has 0 unspecified atom stereocenters. The Kier molecular flexibility index (Phi) is 4.25. The summed E-state index contributed by atoms with van der Waals surface area (Å²) in [6, 6.07) is 3.63. The molecule has 0 spiro atoms. The summed E-state index contributed by atoms with van der Waals surface area (Å²) in [5, 5.41) is 9.53. The molecule has 0 aliphatic rings. The zero-order valence-corrected chi connectivity index (χ0v) is 15.0. The number of aryl methyl sites for hydroxylation is 2. The number of nitrogens with zero attached hydrogens (tertiary/aromatic N) is 1. The maximum absolute atomic E-state index is 12.4. The molecule has 8 heteroatoms. The molecule has 0 aliphatic carbocycles. The van der Waals surface area contributed by atoms with Gasteiger partial charge in [0.25, 0.3) is 10.0 Å². The molecule has 0 radical (unpaired) electrons. The van der Waals surface area contributed by atoms with E-state index in [1.165, 1.54) is 22.7 Å². The standard InChI is InChI=1S/C12H11BrN2O2S3/c1-6-7(2)19-12(9(6)5-14)15-20(16,17)10-4-11(13)18-8(10)3/h4,15H,1-3H3. The van der Waals surface area contributed by atoms with Crippen molar-refractivity contribution in [3.05, 3.63) is 30.7 Å². The lowest BCUT2D eigenvalue weighted by atomic mass is 10.2. The molecule has 2 aromatic rings. The number of nitrogens with one attached hydrogen (secondary N) is 1. The van der Waals surface area contributed by atoms with Gasteiger partial charge in [0.1, 0.15) is 16.0 Å². The monoisotopic (exact) mass is 390 g/mol. The molecular formula is C12H11BrN2O2S3. The summed E-state index contributed by atoms with van der Waals surface area (Å²) in [7, 11) is -3.67. The molecular weight excluding hydrogens is 380 g/mol. The van der Waals surface area contributed by atoms with Crippen molar-refractivity contribution in [2.75, 3.05) is 4.72 Å². The molecule has 0 saturated carbocycles. The number of anilines is 1. The van der Waals surface area contributed by atoms with Crippen molar-refractivity contribution in [3.8, 4) is 6.07 Å². The third-order valence-corrected chi connectivity index (χ3v) is 7.27. The Bertz CT molecular complexity index is 813. The van der Waals surface area contributed by atoms with Crippen LogP contribution in [-0.4, -0.2) is 8.42 Å². The van der Waals surface area contributed by atoms with Gasteiger partial charge >= 0.3 is 0 Å². The van der Waals surface area contributed by atoms with Crippen LogP contribution in [0.2, 0.25) is 0 Å². The number of nitriles is 1. The molecule has 0 bridgehead atoms. The highest BCUT2D eigenvalue weighted by Gasteiger charge is 2.23. The Morgan fingerprint density at radius 2 is 1.90 bits per heavy atom. The Labute approximate surface area is 134 Å². The molecule has 4 nitrogen and oxygen atoms in total. The van der Waals surface area contributed by atoms with Crippen LogP contribution < -0.4 is 4.72 Å². The quantitative estimate of drug-likeness (QED) is 0.854. The van der Waals surface area contributed by atoms with Crippen LogP contribution in [0.15, 0.2) is 14.7 Å². The predicted molar refractivity (Wildman–Crippen MR) is 86.1 cm³/mol. The molecule has 2 rings (SSSR count). The Morgan fingerprint density at radius 3 is 2.40 bits per heavy atom. The van der Waals surface area contributed by atoms with Gasteiger partial charge in [-0.05, 0) is 48.3 Å². The smallest absolute Gasteiger partial charge is 0.263 e. The minimum atomic E-state index is -3.67. The molecule has 0 aliphatic heterocycles. The number of hydrogen-bond donors (Lipinski definition) is 1. The summed E-state index contributed by atoms with van der Waals surface area (Å²) in [6.45, 7) is 5.43. The zero-order valence-electron chi connectivity index (χ0n) is 10.9. The van der Waals surface area contributed by atoms with Crippen molar-refractivity contribution >= 4 is 53.6 Å². The second-order valence-electron chi connectivity index (χ2n) is 4.18. The summed E-state index contributed by atoms with van der Waals surface area (Å²) in [6.07, 6.45) is 0. The molecule has 0 fully saturated rings. The van der Waals surface area contributed by atoms with Gasteiger partial charge in [0.2, 0.25) is 0 Å². The third kappa shape index (κ3) is 2.76. The number of halogens is 1. The van der Waals surface area contributed by atoms with Gasteiger partial charge in [-0.1, -0.05) is 0 Å². The Hall–Kier alpha value is -0.880. The second kappa shape index (κ2) is 5.48. The van der Waals surface area contributed by atoms with E-state index in [1.54, 1.807) is 13.0 Å². The van der Waals surface area contributed by atoms with E-state index in [2.05, 4.69) is 26.7 Å². The summed E-state index contributed by atoms with van der Waals surface area (Å²) in [4.78, 5) is 1.87. The Morgan fingerprint density at radius 1 is 1.25 bits per heavy atom. The Balaban J connectivity index is 2.47. The molecule has 0 saturated heterocycles. The maximum atomic E-state index is 12.4. The molecule has 106 valence electrons. The molecule has 1 N–H and O–H groups in total. The van der Waals surface area contributed by atoms with Gasteiger partial charge in [-0.25, -0.2) is 8.42 Å². The highest BCUT2D eigenvalue weighted by Crippen LogP contribution is 2.35. The largest absolute Gasteiger partial charge is 0.269 e. The van der Waals surface area contributed by atoms with E-state index in [0.29, 0.717) is 15.4 Å². The van der Waals surface area contributed by atoms with Crippen molar-refractivity contribution in [2.24, 2.45) is 0 Å². The molecule has 2 heterocycles. The lowest BCUT2D eigenvalue weighted by molar-refractivity contribution is 0.601. The summed E-state index contributed by atoms with van der Waals surface area (Å²) in [5.74, 6) is 0. The normalized spacial score (nSPS) is 11.3. The molecule has 2 aromatic heterocycles. The van der Waals surface area contributed by atoms with Crippen LogP contribution in [0.25, 0.3) is 0 Å². The SMILES string of the molecule is Cc1sc(Br)cc1S(=O)(=O)Nc1sc(C)c(C)c1C#N. The zero-order chi connectivity index (χ0) is 15.1. The van der Waals surface area contributed by atoms with Gasteiger partial charge in [-0.3, -0.25) is 4.72 Å². The van der Waals surface area contributed by atoms with Gasteiger partial charge < -0.3 is 0 Å². The van der Waals surface area contributed by atoms with Crippen LogP contribution >= 0.6 is 38.6 Å². The van der Waals surface area contributed by atoms with Crippen LogP contribution in [0.1, 0.15) is 20.9 Å². The first-order valence-electron chi connectivity index (χ1n) is 5.55. The molecule has 0 amide bonds. The maximum Gasteiger partial charge on any atom is 0.263 e. The van der Waals surface area contributed by atoms with Crippen molar-refractivity contribution < 1.29 is 8.42 Å². The fourth-order valence-electron chi connectivity index (χ4n) is 1.71. The van der Waals surface area contributed by atoms with Crippen LogP contribution in [0.3, 0.4) is 0 Å². The fourth-order valence-corrected chi connectivity index (χ4v) is 6.44. The van der Waals surface area contributed by atoms with Crippen LogP contribution in [0, 0.1) is 32.1 Å². The average Bonchev–Trinajstić information content (AvgIpc) is 2.80. The van der Waals surface area contributed by atoms with Crippen molar-refractivity contribution in [2.45, 2.75) is 25.7 Å². The molecule has 0 atom stereocenters. The summed E-state index contributed by atoms with van der Waals surface area (Å²) >= 11 is 5.92. The number of thiophene rings is 2. The van der Waals surface area contributed by atoms with Crippen LogP contribution in [0.5, 0.6) is 0 Å². The summed E-state index contributed by atoms with van der Waals surface area (Å²) in [5.41, 5.74) is 1.21. The van der Waals surface area contributed by atoms with E-state index in [0.717, 1.165) is 14.2 Å². The number of sulfonamides is 1. The van der Waals surface area contributed by atoms with Gasteiger partial charge in [-0.2, -0.15) is 5.26 Å². The predicted octanol–water partition coefficient (Wildman–Crippen LogP) is 4.17. The fraction of sp³-hybridized carbons (Fsp3) is 0.250. The molecule has 20 heavy (non-hydrogen) atoms. The average molecular weight is 391 g/mol. The van der Waals surface area contributed by atoms with E-state index in [9.17, 15) is 8.42 Å². The minimum Gasteiger partial charge on any atom is -0.269 e. The van der Waals surface area contributed by atoms with Crippen molar-refractivity contribution in [1.82, 2.24) is 0 Å².